The second kappa shape index (κ2) is 8.04. The smallest absolute Gasteiger partial charge is 0.175 e. The highest BCUT2D eigenvalue weighted by Crippen LogP contribution is 2.37. The molecule has 0 aliphatic heterocycles. The first kappa shape index (κ1) is 16.6. The molecule has 0 amide bonds. The predicted octanol–water partition coefficient (Wildman–Crippen LogP) is 4.52. The number of ether oxygens (including phenoxy) is 2. The lowest BCUT2D eigenvalue weighted by Gasteiger charge is -2.18. The fourth-order valence-electron chi connectivity index (χ4n) is 2.29. The molecule has 118 valence electrons. The van der Waals surface area contributed by atoms with E-state index >= 15 is 0 Å². The van der Waals surface area contributed by atoms with Gasteiger partial charge in [0.25, 0.3) is 0 Å². The zero-order valence-electron chi connectivity index (χ0n) is 13.2. The highest BCUT2D eigenvalue weighted by Gasteiger charge is 2.20. The van der Waals surface area contributed by atoms with E-state index in [1.165, 1.54) is 18.4 Å². The lowest BCUT2D eigenvalue weighted by Crippen LogP contribution is -2.15. The summed E-state index contributed by atoms with van der Waals surface area (Å²) in [4.78, 5) is 0. The van der Waals surface area contributed by atoms with Gasteiger partial charge < -0.3 is 14.8 Å². The summed E-state index contributed by atoms with van der Waals surface area (Å²) in [6.45, 7) is 6.03. The van der Waals surface area contributed by atoms with Crippen molar-refractivity contribution < 1.29 is 9.47 Å². The summed E-state index contributed by atoms with van der Waals surface area (Å²) in [6.07, 6.45) is 4.88. The Morgan fingerprint density at radius 1 is 1.29 bits per heavy atom. The summed E-state index contributed by atoms with van der Waals surface area (Å²) >= 11 is 3.62. The maximum atomic E-state index is 6.00. The van der Waals surface area contributed by atoms with E-state index in [0.717, 1.165) is 42.0 Å². The number of hydrogen-bond donors (Lipinski definition) is 1. The van der Waals surface area contributed by atoms with Gasteiger partial charge in [-0.05, 0) is 52.4 Å². The van der Waals surface area contributed by atoms with Crippen molar-refractivity contribution in [2.75, 3.05) is 13.7 Å². The van der Waals surface area contributed by atoms with Gasteiger partial charge in [0, 0.05) is 12.6 Å². The highest BCUT2D eigenvalue weighted by molar-refractivity contribution is 9.10. The third-order valence-corrected chi connectivity index (χ3v) is 4.67. The molecular weight excluding hydrogens is 330 g/mol. The van der Waals surface area contributed by atoms with Crippen molar-refractivity contribution >= 4 is 15.9 Å². The van der Waals surface area contributed by atoms with E-state index in [9.17, 15) is 0 Å². The molecule has 2 rings (SSSR count). The summed E-state index contributed by atoms with van der Waals surface area (Å²) in [5.41, 5.74) is 1.22. The van der Waals surface area contributed by atoms with Crippen molar-refractivity contribution in [2.24, 2.45) is 5.92 Å². The van der Waals surface area contributed by atoms with E-state index in [2.05, 4.69) is 47.2 Å². The Kier molecular flexibility index (Phi) is 6.37. The quantitative estimate of drug-likeness (QED) is 0.705. The van der Waals surface area contributed by atoms with Crippen LogP contribution in [0.15, 0.2) is 16.6 Å². The molecule has 1 N–H and O–H groups in total. The molecule has 0 aromatic heterocycles. The van der Waals surface area contributed by atoms with Crippen molar-refractivity contribution in [2.45, 2.75) is 52.1 Å². The molecule has 0 bridgehead atoms. The van der Waals surface area contributed by atoms with Gasteiger partial charge in [-0.1, -0.05) is 26.7 Å². The summed E-state index contributed by atoms with van der Waals surface area (Å²) in [6, 6.07) is 4.91. The molecule has 0 heterocycles. The molecule has 1 aromatic rings. The number of nitrogens with one attached hydrogen (secondary N) is 1. The van der Waals surface area contributed by atoms with Crippen LogP contribution in [0.2, 0.25) is 0 Å². The van der Waals surface area contributed by atoms with Crippen molar-refractivity contribution in [3.05, 3.63) is 22.2 Å². The van der Waals surface area contributed by atoms with Crippen LogP contribution in [0.3, 0.4) is 0 Å². The van der Waals surface area contributed by atoms with Gasteiger partial charge in [-0.2, -0.15) is 0 Å². The minimum atomic E-state index is 0.595. The highest BCUT2D eigenvalue weighted by atomic mass is 79.9. The van der Waals surface area contributed by atoms with Crippen LogP contribution in [0.1, 0.15) is 45.1 Å². The molecule has 0 atom stereocenters. The van der Waals surface area contributed by atoms with Crippen molar-refractivity contribution in [1.82, 2.24) is 5.32 Å². The first-order valence-corrected chi connectivity index (χ1v) is 8.69. The van der Waals surface area contributed by atoms with Gasteiger partial charge in [-0.3, -0.25) is 0 Å². The van der Waals surface area contributed by atoms with Gasteiger partial charge in [0.1, 0.15) is 0 Å². The second-order valence-corrected chi connectivity index (χ2v) is 6.61. The lowest BCUT2D eigenvalue weighted by atomic mass is 10.1. The first-order valence-electron chi connectivity index (χ1n) is 7.90. The molecule has 3 nitrogen and oxygen atoms in total. The monoisotopic (exact) mass is 355 g/mol. The van der Waals surface area contributed by atoms with Gasteiger partial charge in [-0.15, -0.1) is 0 Å². The molecule has 0 spiro atoms. The average Bonchev–Trinajstić information content (AvgIpc) is 3.31. The molecular formula is C17H26BrNO2. The van der Waals surface area contributed by atoms with Gasteiger partial charge >= 0.3 is 0 Å². The summed E-state index contributed by atoms with van der Waals surface area (Å²) < 4.78 is 12.5. The fourth-order valence-corrected chi connectivity index (χ4v) is 2.89. The third kappa shape index (κ3) is 4.89. The number of rotatable bonds is 9. The van der Waals surface area contributed by atoms with Crippen LogP contribution in [0.4, 0.5) is 0 Å². The zero-order valence-corrected chi connectivity index (χ0v) is 14.8. The zero-order chi connectivity index (χ0) is 15.2. The van der Waals surface area contributed by atoms with Crippen LogP contribution in [-0.2, 0) is 6.54 Å². The van der Waals surface area contributed by atoms with Crippen LogP contribution in [0.25, 0.3) is 0 Å². The molecule has 1 aliphatic rings. The van der Waals surface area contributed by atoms with Crippen molar-refractivity contribution in [1.29, 1.82) is 0 Å². The first-order chi connectivity index (χ1) is 10.2. The predicted molar refractivity (Wildman–Crippen MR) is 90.1 cm³/mol. The average molecular weight is 356 g/mol. The molecule has 1 aromatic carbocycles. The molecule has 0 saturated heterocycles. The van der Waals surface area contributed by atoms with E-state index in [-0.39, 0.29) is 0 Å². The van der Waals surface area contributed by atoms with Gasteiger partial charge in [-0.25, -0.2) is 0 Å². The number of methoxy groups -OCH3 is 1. The van der Waals surface area contributed by atoms with Crippen LogP contribution in [0.5, 0.6) is 11.5 Å². The van der Waals surface area contributed by atoms with Crippen LogP contribution >= 0.6 is 15.9 Å². The SMILES string of the molecule is CCC(CC)COc1c(Br)cc(CNC2CC2)cc1OC. The summed E-state index contributed by atoms with van der Waals surface area (Å²) in [5, 5.41) is 3.52. The van der Waals surface area contributed by atoms with E-state index in [1.807, 2.05) is 0 Å². The van der Waals surface area contributed by atoms with Gasteiger partial charge in [0.2, 0.25) is 0 Å². The minimum absolute atomic E-state index is 0.595. The topological polar surface area (TPSA) is 30.5 Å². The number of halogens is 1. The van der Waals surface area contributed by atoms with Crippen LogP contribution < -0.4 is 14.8 Å². The van der Waals surface area contributed by atoms with Crippen LogP contribution in [-0.4, -0.2) is 19.8 Å². The molecule has 0 radical (unpaired) electrons. The van der Waals surface area contributed by atoms with E-state index in [4.69, 9.17) is 9.47 Å². The maximum Gasteiger partial charge on any atom is 0.175 e. The van der Waals surface area contributed by atoms with E-state index in [0.29, 0.717) is 12.0 Å². The Hall–Kier alpha value is -0.740. The molecule has 1 fully saturated rings. The third-order valence-electron chi connectivity index (χ3n) is 4.08. The summed E-state index contributed by atoms with van der Waals surface area (Å²) in [5.74, 6) is 2.22. The van der Waals surface area contributed by atoms with Crippen molar-refractivity contribution in [3.63, 3.8) is 0 Å². The largest absolute Gasteiger partial charge is 0.493 e. The second-order valence-electron chi connectivity index (χ2n) is 5.76. The van der Waals surface area contributed by atoms with Gasteiger partial charge in [0.15, 0.2) is 11.5 Å². The Labute approximate surface area is 136 Å². The van der Waals surface area contributed by atoms with Crippen LogP contribution in [0, 0.1) is 5.92 Å². The molecule has 4 heteroatoms. The molecule has 1 saturated carbocycles. The number of benzene rings is 1. The Bertz CT molecular complexity index is 456. The standard InChI is InChI=1S/C17H26BrNO2/c1-4-12(5-2)11-21-17-15(18)8-13(9-16(17)20-3)10-19-14-6-7-14/h8-9,12,14,19H,4-7,10-11H2,1-3H3. The van der Waals surface area contributed by atoms with Gasteiger partial charge in [0.05, 0.1) is 18.2 Å². The Morgan fingerprint density at radius 3 is 2.57 bits per heavy atom. The maximum absolute atomic E-state index is 6.00. The fraction of sp³-hybridized carbons (Fsp3) is 0.647. The Morgan fingerprint density at radius 2 is 2.00 bits per heavy atom. The van der Waals surface area contributed by atoms with Crippen molar-refractivity contribution in [3.8, 4) is 11.5 Å². The number of hydrogen-bond acceptors (Lipinski definition) is 3. The lowest BCUT2D eigenvalue weighted by molar-refractivity contribution is 0.229. The van der Waals surface area contributed by atoms with E-state index in [1.54, 1.807) is 7.11 Å². The van der Waals surface area contributed by atoms with E-state index < -0.39 is 0 Å². The Balaban J connectivity index is 2.04. The molecule has 21 heavy (non-hydrogen) atoms. The molecule has 1 aliphatic carbocycles. The molecule has 0 unspecified atom stereocenters. The summed E-state index contributed by atoms with van der Waals surface area (Å²) in [7, 11) is 1.70. The minimum Gasteiger partial charge on any atom is -0.493 e. The normalized spacial score (nSPS) is 14.5.